The molecule has 104 valence electrons. The number of hydrogen-bond acceptors (Lipinski definition) is 3. The van der Waals surface area contributed by atoms with E-state index in [4.69, 9.17) is 0 Å². The Morgan fingerprint density at radius 2 is 2.16 bits per heavy atom. The van der Waals surface area contributed by atoms with Crippen molar-refractivity contribution in [1.29, 1.82) is 0 Å². The summed E-state index contributed by atoms with van der Waals surface area (Å²) in [5, 5.41) is 14.0. The quantitative estimate of drug-likeness (QED) is 0.871. The van der Waals surface area contributed by atoms with Gasteiger partial charge in [0.05, 0.1) is 18.4 Å². The smallest absolute Gasteiger partial charge is 0.307 e. The third-order valence-corrected chi connectivity index (χ3v) is 4.78. The molecule has 0 radical (unpaired) electrons. The second-order valence-corrected chi connectivity index (χ2v) is 6.13. The molecule has 0 bridgehead atoms. The molecule has 5 heteroatoms. The first-order chi connectivity index (χ1) is 9.11. The van der Waals surface area contributed by atoms with E-state index in [-0.39, 0.29) is 11.8 Å². The van der Waals surface area contributed by atoms with Crippen LogP contribution in [-0.4, -0.2) is 17.0 Å². The number of thiophene rings is 1. The van der Waals surface area contributed by atoms with Crippen LogP contribution in [0.25, 0.3) is 0 Å². The van der Waals surface area contributed by atoms with E-state index in [1.807, 2.05) is 17.5 Å². The maximum atomic E-state index is 12.1. The minimum Gasteiger partial charge on any atom is -0.481 e. The van der Waals surface area contributed by atoms with E-state index < -0.39 is 11.9 Å². The summed E-state index contributed by atoms with van der Waals surface area (Å²) in [6.45, 7) is 2.55. The fourth-order valence-corrected chi connectivity index (χ4v) is 3.40. The first-order valence-electron chi connectivity index (χ1n) is 6.64. The van der Waals surface area contributed by atoms with Gasteiger partial charge in [-0.2, -0.15) is 0 Å². The summed E-state index contributed by atoms with van der Waals surface area (Å²) in [7, 11) is 0. The van der Waals surface area contributed by atoms with Crippen LogP contribution in [0.4, 0.5) is 0 Å². The molecule has 1 aromatic rings. The molecule has 1 unspecified atom stereocenters. The molecule has 0 aromatic carbocycles. The van der Waals surface area contributed by atoms with Crippen LogP contribution in [0.15, 0.2) is 17.5 Å². The number of amides is 1. The largest absolute Gasteiger partial charge is 0.481 e. The Bertz CT molecular complexity index is 444. The number of rotatable bonds is 5. The normalized spacial score (nSPS) is 26.3. The molecule has 2 N–H and O–H groups in total. The van der Waals surface area contributed by atoms with Crippen molar-refractivity contribution in [3.63, 3.8) is 0 Å². The summed E-state index contributed by atoms with van der Waals surface area (Å²) in [5.74, 6) is -1.49. The van der Waals surface area contributed by atoms with Crippen molar-refractivity contribution < 1.29 is 14.7 Å². The number of carboxylic acids is 1. The second kappa shape index (κ2) is 6.19. The van der Waals surface area contributed by atoms with Gasteiger partial charge in [0, 0.05) is 4.88 Å². The molecule has 1 heterocycles. The average Bonchev–Trinajstić information content (AvgIpc) is 3.04. The van der Waals surface area contributed by atoms with Crippen LogP contribution in [-0.2, 0) is 16.1 Å². The maximum absolute atomic E-state index is 12.1. The van der Waals surface area contributed by atoms with Crippen LogP contribution in [0.1, 0.15) is 31.1 Å². The van der Waals surface area contributed by atoms with Crippen molar-refractivity contribution in [1.82, 2.24) is 5.32 Å². The standard InChI is InChI=1S/C14H19NO3S/c1-2-9-6-11(12(7-9)14(17)18)13(16)15-8-10-4-3-5-19-10/h3-5,9,11-12H,2,6-8H2,1H3,(H,15,16)(H,17,18)/t9?,11-,12+/m0/s1. The van der Waals surface area contributed by atoms with Crippen LogP contribution >= 0.6 is 11.3 Å². The van der Waals surface area contributed by atoms with Gasteiger partial charge in [0.2, 0.25) is 5.91 Å². The average molecular weight is 281 g/mol. The lowest BCUT2D eigenvalue weighted by Crippen LogP contribution is -2.34. The Kier molecular flexibility index (Phi) is 4.58. The van der Waals surface area contributed by atoms with E-state index >= 15 is 0 Å². The highest BCUT2D eigenvalue weighted by molar-refractivity contribution is 7.09. The zero-order valence-corrected chi connectivity index (χ0v) is 11.8. The Morgan fingerprint density at radius 1 is 1.42 bits per heavy atom. The molecule has 2 rings (SSSR count). The van der Waals surface area contributed by atoms with Crippen molar-refractivity contribution in [2.45, 2.75) is 32.7 Å². The van der Waals surface area contributed by atoms with Crippen LogP contribution in [0, 0.1) is 17.8 Å². The van der Waals surface area contributed by atoms with Gasteiger partial charge in [-0.25, -0.2) is 0 Å². The lowest BCUT2D eigenvalue weighted by atomic mass is 9.95. The van der Waals surface area contributed by atoms with E-state index in [1.165, 1.54) is 0 Å². The predicted octanol–water partition coefficient (Wildman–Crippen LogP) is 2.50. The first kappa shape index (κ1) is 14.1. The van der Waals surface area contributed by atoms with Crippen molar-refractivity contribution in [3.05, 3.63) is 22.4 Å². The molecule has 0 saturated heterocycles. The number of carbonyl (C=O) groups excluding carboxylic acids is 1. The van der Waals surface area contributed by atoms with E-state index in [0.717, 1.165) is 11.3 Å². The summed E-state index contributed by atoms with van der Waals surface area (Å²) < 4.78 is 0. The summed E-state index contributed by atoms with van der Waals surface area (Å²) >= 11 is 1.59. The highest BCUT2D eigenvalue weighted by Gasteiger charge is 2.41. The van der Waals surface area contributed by atoms with Gasteiger partial charge in [-0.05, 0) is 30.2 Å². The lowest BCUT2D eigenvalue weighted by molar-refractivity contribution is -0.146. The monoisotopic (exact) mass is 281 g/mol. The highest BCUT2D eigenvalue weighted by atomic mass is 32.1. The Balaban J connectivity index is 1.94. The molecule has 3 atom stereocenters. The molecule has 4 nitrogen and oxygen atoms in total. The van der Waals surface area contributed by atoms with E-state index in [9.17, 15) is 14.7 Å². The van der Waals surface area contributed by atoms with Crippen LogP contribution in [0.2, 0.25) is 0 Å². The zero-order valence-electron chi connectivity index (χ0n) is 11.0. The molecule has 1 amide bonds. The van der Waals surface area contributed by atoms with Gasteiger partial charge in [-0.15, -0.1) is 11.3 Å². The molecule has 19 heavy (non-hydrogen) atoms. The number of nitrogens with one attached hydrogen (secondary N) is 1. The highest BCUT2D eigenvalue weighted by Crippen LogP contribution is 2.38. The van der Waals surface area contributed by atoms with E-state index in [2.05, 4.69) is 12.2 Å². The molecule has 1 saturated carbocycles. The Labute approximate surface area is 116 Å². The molecule has 0 spiro atoms. The molecular weight excluding hydrogens is 262 g/mol. The lowest BCUT2D eigenvalue weighted by Gasteiger charge is -2.15. The summed E-state index contributed by atoms with van der Waals surface area (Å²) in [4.78, 5) is 24.5. The van der Waals surface area contributed by atoms with Crippen molar-refractivity contribution in [3.8, 4) is 0 Å². The summed E-state index contributed by atoms with van der Waals surface area (Å²) in [6, 6.07) is 3.90. The van der Waals surface area contributed by atoms with Gasteiger partial charge in [0.1, 0.15) is 0 Å². The third kappa shape index (κ3) is 3.35. The topological polar surface area (TPSA) is 66.4 Å². The number of aliphatic carboxylic acids is 1. The minimum atomic E-state index is -0.841. The van der Waals surface area contributed by atoms with Crippen molar-refractivity contribution in [2.75, 3.05) is 0 Å². The van der Waals surface area contributed by atoms with Crippen molar-refractivity contribution in [2.24, 2.45) is 17.8 Å². The van der Waals surface area contributed by atoms with Crippen LogP contribution < -0.4 is 5.32 Å². The van der Waals surface area contributed by atoms with Gasteiger partial charge < -0.3 is 10.4 Å². The van der Waals surface area contributed by atoms with Gasteiger partial charge in [0.15, 0.2) is 0 Å². The van der Waals surface area contributed by atoms with Gasteiger partial charge in [-0.1, -0.05) is 19.4 Å². The molecular formula is C14H19NO3S. The second-order valence-electron chi connectivity index (χ2n) is 5.09. The van der Waals surface area contributed by atoms with Gasteiger partial charge in [0.25, 0.3) is 0 Å². The molecule has 1 aliphatic carbocycles. The van der Waals surface area contributed by atoms with Crippen LogP contribution in [0.5, 0.6) is 0 Å². The van der Waals surface area contributed by atoms with E-state index in [0.29, 0.717) is 25.3 Å². The van der Waals surface area contributed by atoms with E-state index in [1.54, 1.807) is 11.3 Å². The fraction of sp³-hybridized carbons (Fsp3) is 0.571. The SMILES string of the molecule is CCC1C[C@H](C(=O)NCc2cccs2)[C@H](C(=O)O)C1. The Hall–Kier alpha value is -1.36. The van der Waals surface area contributed by atoms with Gasteiger partial charge >= 0.3 is 5.97 Å². The molecule has 1 fully saturated rings. The van der Waals surface area contributed by atoms with Gasteiger partial charge in [-0.3, -0.25) is 9.59 Å². The number of hydrogen-bond donors (Lipinski definition) is 2. The molecule has 1 aliphatic rings. The minimum absolute atomic E-state index is 0.114. The summed E-state index contributed by atoms with van der Waals surface area (Å²) in [6.07, 6.45) is 2.27. The predicted molar refractivity (Wildman–Crippen MR) is 73.8 cm³/mol. The number of carbonyl (C=O) groups is 2. The third-order valence-electron chi connectivity index (χ3n) is 3.91. The fourth-order valence-electron chi connectivity index (χ4n) is 2.76. The van der Waals surface area contributed by atoms with Crippen LogP contribution in [0.3, 0.4) is 0 Å². The zero-order chi connectivity index (χ0) is 13.8. The molecule has 0 aliphatic heterocycles. The maximum Gasteiger partial charge on any atom is 0.307 e. The Morgan fingerprint density at radius 3 is 2.74 bits per heavy atom. The van der Waals surface area contributed by atoms with Crippen molar-refractivity contribution >= 4 is 23.2 Å². The molecule has 1 aromatic heterocycles. The first-order valence-corrected chi connectivity index (χ1v) is 7.52. The number of carboxylic acid groups (broad SMARTS) is 1. The summed E-state index contributed by atoms with van der Waals surface area (Å²) in [5.41, 5.74) is 0.